The highest BCUT2D eigenvalue weighted by Crippen LogP contribution is 2.54. The molecule has 5 rings (SSSR count). The van der Waals surface area contributed by atoms with Crippen LogP contribution in [0.3, 0.4) is 0 Å². The zero-order valence-corrected chi connectivity index (χ0v) is 23.1. The maximum Gasteiger partial charge on any atom is 0.419 e. The van der Waals surface area contributed by atoms with E-state index in [4.69, 9.17) is 0 Å². The Hall–Kier alpha value is -3.90. The van der Waals surface area contributed by atoms with E-state index in [1.165, 1.54) is 6.07 Å². The van der Waals surface area contributed by atoms with E-state index in [1.807, 2.05) is 0 Å². The number of hydrogen-bond acceptors (Lipinski definition) is 3. The highest BCUT2D eigenvalue weighted by molar-refractivity contribution is 5.95. The fourth-order valence-corrected chi connectivity index (χ4v) is 7.17. The largest absolute Gasteiger partial charge is 0.478 e. The number of carboxylic acid groups (broad SMARTS) is 1. The Morgan fingerprint density at radius 1 is 0.886 bits per heavy atom. The van der Waals surface area contributed by atoms with Crippen molar-refractivity contribution in [1.82, 2.24) is 5.32 Å². The first-order valence-corrected chi connectivity index (χ1v) is 14.2. The Bertz CT molecular complexity index is 1490. The van der Waals surface area contributed by atoms with Crippen LogP contribution in [0.1, 0.15) is 65.9 Å². The van der Waals surface area contributed by atoms with Gasteiger partial charge in [-0.05, 0) is 79.8 Å². The number of benzene rings is 2. The van der Waals surface area contributed by atoms with E-state index in [1.54, 1.807) is 18.2 Å². The van der Waals surface area contributed by atoms with Crippen LogP contribution in [0.15, 0.2) is 54.1 Å². The van der Waals surface area contributed by atoms with Crippen LogP contribution < -0.4 is 10.6 Å². The first kappa shape index (κ1) is 31.5. The summed E-state index contributed by atoms with van der Waals surface area (Å²) in [4.78, 5) is 38.4. The van der Waals surface area contributed by atoms with Crippen molar-refractivity contribution in [3.05, 3.63) is 76.6 Å². The van der Waals surface area contributed by atoms with Gasteiger partial charge in [0.2, 0.25) is 11.8 Å². The van der Waals surface area contributed by atoms with Crippen LogP contribution in [0.5, 0.6) is 0 Å². The molecule has 0 aromatic heterocycles. The number of carbonyl (C=O) groups excluding carboxylic acids is 2. The van der Waals surface area contributed by atoms with Gasteiger partial charge in [-0.1, -0.05) is 24.1 Å². The van der Waals surface area contributed by atoms with Crippen LogP contribution in [0.25, 0.3) is 0 Å². The van der Waals surface area contributed by atoms with E-state index in [2.05, 4.69) is 10.6 Å². The third kappa shape index (κ3) is 6.61. The van der Waals surface area contributed by atoms with Crippen molar-refractivity contribution in [1.29, 1.82) is 0 Å². The number of halogens is 7. The molecule has 13 heteroatoms. The van der Waals surface area contributed by atoms with Crippen molar-refractivity contribution in [2.24, 2.45) is 23.7 Å². The molecule has 3 saturated carbocycles. The zero-order valence-electron chi connectivity index (χ0n) is 23.1. The number of nitrogens with one attached hydrogen (secondary N) is 2. The minimum Gasteiger partial charge on any atom is -0.478 e. The van der Waals surface area contributed by atoms with E-state index in [0.717, 1.165) is 11.6 Å². The summed E-state index contributed by atoms with van der Waals surface area (Å²) in [5, 5.41) is 14.5. The molecule has 3 N–H and O–H groups in total. The SMILES string of the molecule is O=C(O)c1cccc(C2CCCC(C(=O)NC3C4CC[C@@H](/C4=C/C(F)(F)F)[C@@H]3C(=O)Nc3ccc(F)c(C(F)(F)F)c3)C2)c1. The van der Waals surface area contributed by atoms with Crippen molar-refractivity contribution < 1.29 is 50.2 Å². The monoisotopic (exact) mass is 626 g/mol. The first-order chi connectivity index (χ1) is 20.6. The third-order valence-electron chi connectivity index (χ3n) is 9.03. The molecule has 2 aromatic carbocycles. The number of allylic oxidation sites excluding steroid dienone is 1. The quantitative estimate of drug-likeness (QED) is 0.236. The number of hydrogen-bond donors (Lipinski definition) is 3. The van der Waals surface area contributed by atoms with Gasteiger partial charge in [0.1, 0.15) is 5.82 Å². The zero-order chi connectivity index (χ0) is 32.0. The number of rotatable bonds is 6. The summed E-state index contributed by atoms with van der Waals surface area (Å²) in [6, 6.07) is 7.26. The smallest absolute Gasteiger partial charge is 0.419 e. The normalized spacial score (nSPS) is 27.8. The van der Waals surface area contributed by atoms with Gasteiger partial charge in [-0.25, -0.2) is 9.18 Å². The van der Waals surface area contributed by atoms with Gasteiger partial charge in [0.05, 0.1) is 17.0 Å². The number of carbonyl (C=O) groups is 3. The molecule has 236 valence electrons. The molecule has 2 amide bonds. The number of fused-ring (bicyclic) bond motifs is 2. The lowest BCUT2D eigenvalue weighted by Gasteiger charge is -2.34. The predicted molar refractivity (Wildman–Crippen MR) is 144 cm³/mol. The van der Waals surface area contributed by atoms with Crippen LogP contribution >= 0.6 is 0 Å². The average molecular weight is 627 g/mol. The Kier molecular flexibility index (Phi) is 8.52. The van der Waals surface area contributed by atoms with Crippen molar-refractivity contribution in [2.45, 2.75) is 62.8 Å². The molecule has 44 heavy (non-hydrogen) atoms. The number of carboxylic acids is 1. The summed E-state index contributed by atoms with van der Waals surface area (Å²) in [5.41, 5.74) is -1.15. The summed E-state index contributed by atoms with van der Waals surface area (Å²) in [7, 11) is 0. The molecule has 0 heterocycles. The van der Waals surface area contributed by atoms with Crippen LogP contribution in [0, 0.1) is 29.5 Å². The molecule has 3 aliphatic rings. The molecule has 6 nitrogen and oxygen atoms in total. The lowest BCUT2D eigenvalue weighted by Crippen LogP contribution is -2.50. The van der Waals surface area contributed by atoms with Crippen molar-refractivity contribution in [3.8, 4) is 0 Å². The molecule has 2 aromatic rings. The van der Waals surface area contributed by atoms with Gasteiger partial charge >= 0.3 is 18.3 Å². The van der Waals surface area contributed by atoms with Gasteiger partial charge in [0.15, 0.2) is 0 Å². The second-order valence-electron chi connectivity index (χ2n) is 11.7. The van der Waals surface area contributed by atoms with Gasteiger partial charge in [-0.15, -0.1) is 0 Å². The number of aromatic carboxylic acids is 1. The molecule has 0 aliphatic heterocycles. The molecule has 3 fully saturated rings. The maximum atomic E-state index is 13.8. The lowest BCUT2D eigenvalue weighted by molar-refractivity contribution is -0.140. The molecule has 6 atom stereocenters. The van der Waals surface area contributed by atoms with Gasteiger partial charge < -0.3 is 15.7 Å². The fraction of sp³-hybridized carbons (Fsp3) is 0.452. The van der Waals surface area contributed by atoms with E-state index < -0.39 is 71.2 Å². The Balaban J connectivity index is 1.38. The maximum absolute atomic E-state index is 13.8. The summed E-state index contributed by atoms with van der Waals surface area (Å²) >= 11 is 0. The van der Waals surface area contributed by atoms with Crippen molar-refractivity contribution in [2.75, 3.05) is 5.32 Å². The second kappa shape index (κ2) is 11.9. The highest BCUT2D eigenvalue weighted by atomic mass is 19.4. The van der Waals surface area contributed by atoms with Gasteiger partial charge in [-0.2, -0.15) is 26.3 Å². The van der Waals surface area contributed by atoms with Crippen LogP contribution in [0.4, 0.5) is 36.4 Å². The summed E-state index contributed by atoms with van der Waals surface area (Å²) in [6.45, 7) is 0. The molecule has 0 spiro atoms. The number of amides is 2. The van der Waals surface area contributed by atoms with Gasteiger partial charge in [-0.3, -0.25) is 9.59 Å². The van der Waals surface area contributed by atoms with Crippen LogP contribution in [-0.2, 0) is 15.8 Å². The van der Waals surface area contributed by atoms with Crippen molar-refractivity contribution in [3.63, 3.8) is 0 Å². The van der Waals surface area contributed by atoms with E-state index in [0.29, 0.717) is 37.8 Å². The highest BCUT2D eigenvalue weighted by Gasteiger charge is 2.56. The summed E-state index contributed by atoms with van der Waals surface area (Å²) in [5.74, 6) is -7.52. The molecular formula is C31H29F7N2O4. The molecule has 0 saturated heterocycles. The van der Waals surface area contributed by atoms with E-state index in [9.17, 15) is 50.2 Å². The first-order valence-electron chi connectivity index (χ1n) is 14.2. The standard InChI is InChI=1S/C31H29F7N2O4/c32-24-10-7-19(13-23(24)31(36,37)38)39-28(42)25-20-8-9-21(22(20)14-30(33,34)35)26(25)40-27(41)17-5-1-3-15(11-17)16-4-2-6-18(12-16)29(43)44/h2,4,6-7,10,12-15,17,20-21,25-26H,1,3,5,8-9,11H2,(H,39,42)(H,40,41)(H,43,44)/b22-14-/t15?,17?,20-,21?,25-,26?/m0/s1. The second-order valence-corrected chi connectivity index (χ2v) is 11.7. The minimum absolute atomic E-state index is 0.0370. The van der Waals surface area contributed by atoms with E-state index >= 15 is 0 Å². The Labute approximate surface area is 247 Å². The van der Waals surface area contributed by atoms with Crippen LogP contribution in [0.2, 0.25) is 0 Å². The summed E-state index contributed by atoms with van der Waals surface area (Å²) in [6.07, 6.45) is -6.86. The molecule has 2 bridgehead atoms. The third-order valence-corrected chi connectivity index (χ3v) is 9.03. The van der Waals surface area contributed by atoms with Gasteiger partial charge in [0, 0.05) is 29.6 Å². The summed E-state index contributed by atoms with van der Waals surface area (Å²) < 4.78 is 93.9. The number of alkyl halides is 6. The molecule has 3 aliphatic carbocycles. The Morgan fingerprint density at radius 2 is 1.61 bits per heavy atom. The van der Waals surface area contributed by atoms with E-state index in [-0.39, 0.29) is 41.7 Å². The van der Waals surface area contributed by atoms with Crippen LogP contribution in [-0.4, -0.2) is 35.1 Å². The number of anilines is 1. The molecule has 4 unspecified atom stereocenters. The molecular weight excluding hydrogens is 597 g/mol. The topological polar surface area (TPSA) is 95.5 Å². The average Bonchev–Trinajstić information content (AvgIpc) is 3.46. The van der Waals surface area contributed by atoms with Gasteiger partial charge in [0.25, 0.3) is 0 Å². The minimum atomic E-state index is -5.04. The lowest BCUT2D eigenvalue weighted by atomic mass is 9.77. The fourth-order valence-electron chi connectivity index (χ4n) is 7.17. The predicted octanol–water partition coefficient (Wildman–Crippen LogP) is 7.08. The van der Waals surface area contributed by atoms with Crippen molar-refractivity contribution >= 4 is 23.5 Å². The Morgan fingerprint density at radius 3 is 2.30 bits per heavy atom. The molecule has 0 radical (unpaired) electrons.